The number of halogens is 2. The Morgan fingerprint density at radius 3 is 2.53 bits per heavy atom. The minimum absolute atomic E-state index is 0.174. The molecule has 1 aliphatic heterocycles. The van der Waals surface area contributed by atoms with Crippen LogP contribution in [-0.2, 0) is 6.54 Å². The van der Waals surface area contributed by atoms with E-state index in [1.807, 2.05) is 6.07 Å². The van der Waals surface area contributed by atoms with E-state index < -0.39 is 0 Å². The normalized spacial score (nSPS) is 18.1. The zero-order valence-corrected chi connectivity index (χ0v) is 9.08. The number of hydrogen-bond acceptors (Lipinski definition) is 1. The van der Waals surface area contributed by atoms with Crippen molar-refractivity contribution in [3.05, 3.63) is 70.8 Å². The third kappa shape index (κ3) is 1.72. The number of hydrogen-bond donors (Lipinski definition) is 1. The molecule has 0 radical (unpaired) electrons. The first kappa shape index (κ1) is 10.4. The fourth-order valence-electron chi connectivity index (χ4n) is 2.31. The van der Waals surface area contributed by atoms with Gasteiger partial charge in [0, 0.05) is 12.1 Å². The molecule has 1 nitrogen and oxygen atoms in total. The molecule has 3 heteroatoms. The summed E-state index contributed by atoms with van der Waals surface area (Å²) < 4.78 is 26.6. The van der Waals surface area contributed by atoms with Crippen LogP contribution in [0.3, 0.4) is 0 Å². The highest BCUT2D eigenvalue weighted by molar-refractivity contribution is 5.41. The van der Waals surface area contributed by atoms with Crippen molar-refractivity contribution >= 4 is 0 Å². The molecule has 0 saturated carbocycles. The monoisotopic (exact) mass is 231 g/mol. The third-order valence-corrected chi connectivity index (χ3v) is 3.13. The molecule has 17 heavy (non-hydrogen) atoms. The molecule has 86 valence electrons. The Balaban J connectivity index is 2.06. The van der Waals surface area contributed by atoms with E-state index in [1.54, 1.807) is 18.2 Å². The molecule has 0 amide bonds. The highest BCUT2D eigenvalue weighted by Gasteiger charge is 2.26. The maximum absolute atomic E-state index is 13.8. The summed E-state index contributed by atoms with van der Waals surface area (Å²) in [6.07, 6.45) is 0. The van der Waals surface area contributed by atoms with Gasteiger partial charge in [-0.25, -0.2) is 8.78 Å². The third-order valence-electron chi connectivity index (χ3n) is 3.13. The average Bonchev–Trinajstić information content (AvgIpc) is 2.75. The largest absolute Gasteiger partial charge is 0.302 e. The van der Waals surface area contributed by atoms with Crippen LogP contribution < -0.4 is 5.32 Å². The summed E-state index contributed by atoms with van der Waals surface area (Å²) in [4.78, 5) is 0. The number of nitrogens with one attached hydrogen (secondary N) is 1. The highest BCUT2D eigenvalue weighted by Crippen LogP contribution is 2.32. The van der Waals surface area contributed by atoms with E-state index in [9.17, 15) is 8.78 Å². The molecule has 1 aliphatic rings. The first-order chi connectivity index (χ1) is 8.25. The van der Waals surface area contributed by atoms with Gasteiger partial charge in [0.05, 0.1) is 6.04 Å². The van der Waals surface area contributed by atoms with Gasteiger partial charge in [-0.15, -0.1) is 0 Å². The SMILES string of the molecule is Fc1ccc(C2NCc3cccc(F)c32)cc1. The summed E-state index contributed by atoms with van der Waals surface area (Å²) in [5.41, 5.74) is 2.54. The average molecular weight is 231 g/mol. The Morgan fingerprint density at radius 2 is 1.76 bits per heavy atom. The Bertz CT molecular complexity index is 549. The zero-order valence-electron chi connectivity index (χ0n) is 9.08. The lowest BCUT2D eigenvalue weighted by atomic mass is 9.98. The van der Waals surface area contributed by atoms with Crippen LogP contribution in [-0.4, -0.2) is 0 Å². The van der Waals surface area contributed by atoms with Gasteiger partial charge in [-0.1, -0.05) is 24.3 Å². The second-order valence-electron chi connectivity index (χ2n) is 4.18. The maximum atomic E-state index is 13.8. The Morgan fingerprint density at radius 1 is 1.00 bits per heavy atom. The first-order valence-corrected chi connectivity index (χ1v) is 5.52. The topological polar surface area (TPSA) is 12.0 Å². The van der Waals surface area contributed by atoms with Gasteiger partial charge in [-0.05, 0) is 29.3 Å². The van der Waals surface area contributed by atoms with Gasteiger partial charge < -0.3 is 5.32 Å². The van der Waals surface area contributed by atoms with Gasteiger partial charge in [0.1, 0.15) is 11.6 Å². The number of fused-ring (bicyclic) bond motifs is 1. The van der Waals surface area contributed by atoms with Crippen molar-refractivity contribution in [2.75, 3.05) is 0 Å². The molecule has 0 saturated heterocycles. The van der Waals surface area contributed by atoms with E-state index >= 15 is 0 Å². The van der Waals surface area contributed by atoms with Crippen molar-refractivity contribution in [1.82, 2.24) is 5.32 Å². The smallest absolute Gasteiger partial charge is 0.128 e. The lowest BCUT2D eigenvalue weighted by molar-refractivity contribution is 0.584. The molecule has 2 aromatic rings. The van der Waals surface area contributed by atoms with Gasteiger partial charge in [0.25, 0.3) is 0 Å². The zero-order chi connectivity index (χ0) is 11.8. The Labute approximate surface area is 98.1 Å². The minimum atomic E-state index is -0.277. The van der Waals surface area contributed by atoms with E-state index in [1.165, 1.54) is 18.2 Å². The van der Waals surface area contributed by atoms with Crippen molar-refractivity contribution in [1.29, 1.82) is 0 Å². The molecule has 0 aromatic heterocycles. The van der Waals surface area contributed by atoms with E-state index in [-0.39, 0.29) is 17.7 Å². The molecule has 1 N–H and O–H groups in total. The van der Waals surface area contributed by atoms with Crippen molar-refractivity contribution < 1.29 is 8.78 Å². The maximum Gasteiger partial charge on any atom is 0.128 e. The van der Waals surface area contributed by atoms with Crippen LogP contribution in [0.5, 0.6) is 0 Å². The van der Waals surface area contributed by atoms with Crippen molar-refractivity contribution in [3.8, 4) is 0 Å². The lowest BCUT2D eigenvalue weighted by Gasteiger charge is -2.13. The molecular weight excluding hydrogens is 220 g/mol. The summed E-state index contributed by atoms with van der Waals surface area (Å²) in [5.74, 6) is -0.484. The molecule has 1 heterocycles. The van der Waals surface area contributed by atoms with Crippen LogP contribution in [0, 0.1) is 11.6 Å². The summed E-state index contributed by atoms with van der Waals surface area (Å²) in [6.45, 7) is 0.648. The van der Waals surface area contributed by atoms with Crippen LogP contribution in [0.4, 0.5) is 8.78 Å². The summed E-state index contributed by atoms with van der Waals surface area (Å²) in [6, 6.07) is 11.1. The van der Waals surface area contributed by atoms with Crippen LogP contribution in [0.1, 0.15) is 22.7 Å². The first-order valence-electron chi connectivity index (χ1n) is 5.52. The van der Waals surface area contributed by atoms with E-state index in [2.05, 4.69) is 5.32 Å². The van der Waals surface area contributed by atoms with Gasteiger partial charge in [-0.2, -0.15) is 0 Å². The Hall–Kier alpha value is -1.74. The molecule has 0 bridgehead atoms. The van der Waals surface area contributed by atoms with Crippen LogP contribution in [0.2, 0.25) is 0 Å². The predicted octanol–water partition coefficient (Wildman–Crippen LogP) is 3.16. The Kier molecular flexibility index (Phi) is 2.41. The lowest BCUT2D eigenvalue weighted by Crippen LogP contribution is -2.14. The van der Waals surface area contributed by atoms with Crippen molar-refractivity contribution in [3.63, 3.8) is 0 Å². The molecule has 2 aromatic carbocycles. The van der Waals surface area contributed by atoms with Gasteiger partial charge in [0.15, 0.2) is 0 Å². The van der Waals surface area contributed by atoms with Gasteiger partial charge >= 0.3 is 0 Å². The summed E-state index contributed by atoms with van der Waals surface area (Å²) >= 11 is 0. The van der Waals surface area contributed by atoms with E-state index in [0.29, 0.717) is 12.1 Å². The van der Waals surface area contributed by atoms with Crippen LogP contribution in [0.15, 0.2) is 42.5 Å². The summed E-state index contributed by atoms with van der Waals surface area (Å²) in [7, 11) is 0. The fourth-order valence-corrected chi connectivity index (χ4v) is 2.31. The molecule has 0 fully saturated rings. The minimum Gasteiger partial charge on any atom is -0.302 e. The van der Waals surface area contributed by atoms with Gasteiger partial charge in [-0.3, -0.25) is 0 Å². The molecule has 0 spiro atoms. The van der Waals surface area contributed by atoms with Crippen LogP contribution >= 0.6 is 0 Å². The van der Waals surface area contributed by atoms with Gasteiger partial charge in [0.2, 0.25) is 0 Å². The second kappa shape index (κ2) is 3.93. The standard InChI is InChI=1S/C14H11F2N/c15-11-6-4-9(5-7-11)14-13-10(8-17-14)2-1-3-12(13)16/h1-7,14,17H,8H2. The van der Waals surface area contributed by atoms with Crippen molar-refractivity contribution in [2.45, 2.75) is 12.6 Å². The second-order valence-corrected chi connectivity index (χ2v) is 4.18. The fraction of sp³-hybridized carbons (Fsp3) is 0.143. The highest BCUT2D eigenvalue weighted by atomic mass is 19.1. The molecule has 0 aliphatic carbocycles. The number of benzene rings is 2. The van der Waals surface area contributed by atoms with E-state index in [0.717, 1.165) is 11.1 Å². The molecule has 1 atom stereocenters. The summed E-state index contributed by atoms with van der Waals surface area (Å²) in [5, 5.41) is 3.24. The van der Waals surface area contributed by atoms with E-state index in [4.69, 9.17) is 0 Å². The molecule has 3 rings (SSSR count). The molecular formula is C14H11F2N. The van der Waals surface area contributed by atoms with Crippen LogP contribution in [0.25, 0.3) is 0 Å². The number of rotatable bonds is 1. The quantitative estimate of drug-likeness (QED) is 0.795. The predicted molar refractivity (Wildman–Crippen MR) is 61.5 cm³/mol. The van der Waals surface area contributed by atoms with Crippen molar-refractivity contribution in [2.24, 2.45) is 0 Å². The molecule has 1 unspecified atom stereocenters.